The van der Waals surface area contributed by atoms with E-state index in [9.17, 15) is 0 Å². The summed E-state index contributed by atoms with van der Waals surface area (Å²) in [7, 11) is 0. The lowest BCUT2D eigenvalue weighted by atomic mass is 9.88. The normalized spacial score (nSPS) is 39.4. The van der Waals surface area contributed by atoms with E-state index in [4.69, 9.17) is 5.73 Å². The molecule has 2 N–H and O–H groups in total. The fraction of sp³-hybridized carbons (Fsp3) is 1.00. The Labute approximate surface area is 91.6 Å². The molecule has 82 valence electrons. The zero-order chi connectivity index (χ0) is 10.0. The van der Waals surface area contributed by atoms with Crippen molar-refractivity contribution in [2.24, 2.45) is 5.73 Å². The van der Waals surface area contributed by atoms with Crippen LogP contribution in [0.4, 0.5) is 0 Å². The van der Waals surface area contributed by atoms with Gasteiger partial charge in [0, 0.05) is 23.9 Å². The molecule has 2 aliphatic heterocycles. The Morgan fingerprint density at radius 1 is 1.57 bits per heavy atom. The summed E-state index contributed by atoms with van der Waals surface area (Å²) in [5.41, 5.74) is 6.68. The third-order valence-electron chi connectivity index (χ3n) is 3.77. The highest BCUT2D eigenvalue weighted by Crippen LogP contribution is 2.39. The van der Waals surface area contributed by atoms with Gasteiger partial charge in [-0.2, -0.15) is 11.8 Å². The maximum Gasteiger partial charge on any atom is 0.0451 e. The Morgan fingerprint density at radius 2 is 2.43 bits per heavy atom. The van der Waals surface area contributed by atoms with Crippen molar-refractivity contribution < 1.29 is 0 Å². The Hall–Kier alpha value is 0.270. The van der Waals surface area contributed by atoms with E-state index >= 15 is 0 Å². The van der Waals surface area contributed by atoms with Crippen LogP contribution < -0.4 is 5.73 Å². The van der Waals surface area contributed by atoms with Crippen LogP contribution in [0, 0.1) is 0 Å². The van der Waals surface area contributed by atoms with Crippen molar-refractivity contribution in [3.05, 3.63) is 0 Å². The smallest absolute Gasteiger partial charge is 0.0451 e. The number of hydrogen-bond acceptors (Lipinski definition) is 3. The third-order valence-corrected chi connectivity index (χ3v) is 5.06. The van der Waals surface area contributed by atoms with Gasteiger partial charge >= 0.3 is 0 Å². The van der Waals surface area contributed by atoms with Crippen molar-refractivity contribution in [3.8, 4) is 0 Å². The van der Waals surface area contributed by atoms with E-state index in [0.29, 0.717) is 11.6 Å². The quantitative estimate of drug-likeness (QED) is 0.758. The van der Waals surface area contributed by atoms with E-state index in [0.717, 1.165) is 0 Å². The molecule has 2 nitrogen and oxygen atoms in total. The minimum Gasteiger partial charge on any atom is -0.326 e. The van der Waals surface area contributed by atoms with Gasteiger partial charge in [0.1, 0.15) is 0 Å². The number of nitrogens with zero attached hydrogens (tertiary/aromatic N) is 1. The molecule has 3 heteroatoms. The van der Waals surface area contributed by atoms with Crippen molar-refractivity contribution in [1.29, 1.82) is 0 Å². The highest BCUT2D eigenvalue weighted by atomic mass is 32.2. The number of thioether (sulfide) groups is 1. The van der Waals surface area contributed by atoms with Crippen LogP contribution in [0.2, 0.25) is 0 Å². The summed E-state index contributed by atoms with van der Waals surface area (Å²) in [5, 5.41) is 0. The molecule has 2 saturated heterocycles. The molecule has 0 amide bonds. The van der Waals surface area contributed by atoms with E-state index in [2.05, 4.69) is 23.6 Å². The summed E-state index contributed by atoms with van der Waals surface area (Å²) in [5.74, 6) is 2.61. The predicted molar refractivity (Wildman–Crippen MR) is 63.7 cm³/mol. The van der Waals surface area contributed by atoms with Crippen LogP contribution in [0.3, 0.4) is 0 Å². The molecule has 2 atom stereocenters. The molecule has 0 aromatic rings. The molecule has 0 aromatic heterocycles. The summed E-state index contributed by atoms with van der Waals surface area (Å²) >= 11 is 2.10. The highest BCUT2D eigenvalue weighted by molar-refractivity contribution is 7.99. The van der Waals surface area contributed by atoms with Crippen molar-refractivity contribution in [3.63, 3.8) is 0 Å². The van der Waals surface area contributed by atoms with Gasteiger partial charge in [0.2, 0.25) is 0 Å². The average Bonchev–Trinajstić information content (AvgIpc) is 2.49. The SMILES string of the molecule is CCCN1CCC(N)C12CCCSC2. The maximum absolute atomic E-state index is 6.31. The predicted octanol–water partition coefficient (Wildman–Crippen LogP) is 1.70. The van der Waals surface area contributed by atoms with Crippen molar-refractivity contribution in [2.75, 3.05) is 24.6 Å². The molecule has 2 unspecified atom stereocenters. The molecule has 14 heavy (non-hydrogen) atoms. The van der Waals surface area contributed by atoms with Gasteiger partial charge in [-0.3, -0.25) is 4.90 Å². The molecule has 2 fully saturated rings. The first-order chi connectivity index (χ1) is 6.79. The maximum atomic E-state index is 6.31. The molecule has 2 heterocycles. The number of hydrogen-bond donors (Lipinski definition) is 1. The highest BCUT2D eigenvalue weighted by Gasteiger charge is 2.46. The van der Waals surface area contributed by atoms with Crippen molar-refractivity contribution >= 4 is 11.8 Å². The van der Waals surface area contributed by atoms with Gasteiger partial charge in [-0.15, -0.1) is 0 Å². The van der Waals surface area contributed by atoms with E-state index in [-0.39, 0.29) is 0 Å². The Morgan fingerprint density at radius 3 is 3.07 bits per heavy atom. The second kappa shape index (κ2) is 4.42. The lowest BCUT2D eigenvalue weighted by Crippen LogP contribution is -2.57. The van der Waals surface area contributed by atoms with Crippen LogP contribution in [0.25, 0.3) is 0 Å². The Bertz CT molecular complexity index is 188. The minimum atomic E-state index is 0.374. The zero-order valence-electron chi connectivity index (χ0n) is 9.17. The number of nitrogens with two attached hydrogens (primary N) is 1. The molecule has 0 radical (unpaired) electrons. The Kier molecular flexibility index (Phi) is 3.40. The molecule has 1 spiro atoms. The Balaban J connectivity index is 2.09. The van der Waals surface area contributed by atoms with E-state index < -0.39 is 0 Å². The van der Waals surface area contributed by atoms with E-state index in [1.807, 2.05) is 0 Å². The van der Waals surface area contributed by atoms with Gasteiger partial charge in [-0.25, -0.2) is 0 Å². The second-order valence-electron chi connectivity index (χ2n) is 4.64. The van der Waals surface area contributed by atoms with Crippen LogP contribution in [0.1, 0.15) is 32.6 Å². The number of likely N-dealkylation sites (tertiary alicyclic amines) is 1. The fourth-order valence-electron chi connectivity index (χ4n) is 2.97. The summed E-state index contributed by atoms with van der Waals surface area (Å²) in [6.07, 6.45) is 5.17. The molecule has 0 aromatic carbocycles. The number of rotatable bonds is 2. The monoisotopic (exact) mass is 214 g/mol. The summed E-state index contributed by atoms with van der Waals surface area (Å²) in [4.78, 5) is 2.67. The van der Waals surface area contributed by atoms with Gasteiger partial charge in [-0.05, 0) is 38.0 Å². The third kappa shape index (κ3) is 1.70. The summed E-state index contributed by atoms with van der Waals surface area (Å²) in [6, 6.07) is 0.432. The summed E-state index contributed by atoms with van der Waals surface area (Å²) in [6.45, 7) is 4.75. The van der Waals surface area contributed by atoms with Crippen LogP contribution in [0.5, 0.6) is 0 Å². The van der Waals surface area contributed by atoms with E-state index in [1.54, 1.807) is 0 Å². The first kappa shape index (κ1) is 10.8. The molecular formula is C11H22N2S. The first-order valence-electron chi connectivity index (χ1n) is 5.88. The van der Waals surface area contributed by atoms with Gasteiger partial charge < -0.3 is 5.73 Å². The topological polar surface area (TPSA) is 29.3 Å². The second-order valence-corrected chi connectivity index (χ2v) is 5.75. The minimum absolute atomic E-state index is 0.374. The molecular weight excluding hydrogens is 192 g/mol. The van der Waals surface area contributed by atoms with Gasteiger partial charge in [0.15, 0.2) is 0 Å². The molecule has 0 aliphatic carbocycles. The largest absolute Gasteiger partial charge is 0.326 e. The lowest BCUT2D eigenvalue weighted by Gasteiger charge is -2.43. The van der Waals surface area contributed by atoms with Crippen LogP contribution >= 0.6 is 11.8 Å². The first-order valence-corrected chi connectivity index (χ1v) is 7.03. The zero-order valence-corrected chi connectivity index (χ0v) is 9.98. The van der Waals surface area contributed by atoms with Crippen LogP contribution in [-0.4, -0.2) is 41.1 Å². The van der Waals surface area contributed by atoms with Gasteiger partial charge in [0.05, 0.1) is 0 Å². The fourth-order valence-corrected chi connectivity index (χ4v) is 4.36. The van der Waals surface area contributed by atoms with Crippen molar-refractivity contribution in [2.45, 2.75) is 44.2 Å². The van der Waals surface area contributed by atoms with E-state index in [1.165, 1.54) is 50.3 Å². The lowest BCUT2D eigenvalue weighted by molar-refractivity contribution is 0.134. The molecule has 0 saturated carbocycles. The van der Waals surface area contributed by atoms with Crippen LogP contribution in [-0.2, 0) is 0 Å². The van der Waals surface area contributed by atoms with Gasteiger partial charge in [-0.1, -0.05) is 6.92 Å². The standard InChI is InChI=1S/C11H22N2S/c1-2-6-13-7-4-10(12)11(13)5-3-8-14-9-11/h10H,2-9,12H2,1H3. The van der Waals surface area contributed by atoms with Crippen molar-refractivity contribution in [1.82, 2.24) is 4.90 Å². The molecule has 2 rings (SSSR count). The average molecular weight is 214 g/mol. The molecule has 0 bridgehead atoms. The molecule has 2 aliphatic rings. The summed E-state index contributed by atoms with van der Waals surface area (Å²) < 4.78 is 0. The van der Waals surface area contributed by atoms with Gasteiger partial charge in [0.25, 0.3) is 0 Å². The van der Waals surface area contributed by atoms with Crippen LogP contribution in [0.15, 0.2) is 0 Å².